The summed E-state index contributed by atoms with van der Waals surface area (Å²) in [5.41, 5.74) is 1.81. The van der Waals surface area contributed by atoms with Gasteiger partial charge in [0, 0.05) is 32.8 Å². The van der Waals surface area contributed by atoms with E-state index in [2.05, 4.69) is 14.9 Å². The molecule has 0 spiro atoms. The first-order chi connectivity index (χ1) is 11.3. The van der Waals surface area contributed by atoms with Crippen LogP contribution in [-0.2, 0) is 9.53 Å². The van der Waals surface area contributed by atoms with Crippen molar-refractivity contribution in [3.05, 3.63) is 30.5 Å². The molecule has 1 unspecified atom stereocenters. The lowest BCUT2D eigenvalue weighted by Crippen LogP contribution is -2.51. The SMILES string of the molecule is O=C(C1CCCO1)N1CCN(c2cnc3ccccc3n2)CC1. The molecule has 0 saturated carbocycles. The van der Waals surface area contributed by atoms with Crippen LogP contribution in [0.25, 0.3) is 11.0 Å². The summed E-state index contributed by atoms with van der Waals surface area (Å²) in [4.78, 5) is 25.6. The number of carbonyl (C=O) groups is 1. The van der Waals surface area contributed by atoms with Gasteiger partial charge in [0.05, 0.1) is 17.2 Å². The van der Waals surface area contributed by atoms with E-state index in [1.165, 1.54) is 0 Å². The molecule has 2 saturated heterocycles. The van der Waals surface area contributed by atoms with Gasteiger partial charge in [-0.2, -0.15) is 0 Å². The van der Waals surface area contributed by atoms with Crippen LogP contribution in [0.3, 0.4) is 0 Å². The molecule has 1 atom stereocenters. The zero-order valence-corrected chi connectivity index (χ0v) is 13.0. The number of fused-ring (bicyclic) bond motifs is 1. The Bertz CT molecular complexity index is 707. The average molecular weight is 312 g/mol. The van der Waals surface area contributed by atoms with Gasteiger partial charge in [-0.3, -0.25) is 9.78 Å². The van der Waals surface area contributed by atoms with Gasteiger partial charge in [-0.15, -0.1) is 0 Å². The minimum absolute atomic E-state index is 0.145. The molecular weight excluding hydrogens is 292 g/mol. The molecule has 1 amide bonds. The maximum absolute atomic E-state index is 12.4. The molecule has 2 aliphatic heterocycles. The van der Waals surface area contributed by atoms with Gasteiger partial charge < -0.3 is 14.5 Å². The highest BCUT2D eigenvalue weighted by Crippen LogP contribution is 2.19. The van der Waals surface area contributed by atoms with Crippen LogP contribution in [0.1, 0.15) is 12.8 Å². The Morgan fingerprint density at radius 2 is 1.91 bits per heavy atom. The number of hydrogen-bond acceptors (Lipinski definition) is 5. The molecule has 2 fully saturated rings. The van der Waals surface area contributed by atoms with Crippen LogP contribution >= 0.6 is 0 Å². The monoisotopic (exact) mass is 312 g/mol. The van der Waals surface area contributed by atoms with Gasteiger partial charge in [-0.25, -0.2) is 4.98 Å². The van der Waals surface area contributed by atoms with Crippen molar-refractivity contribution < 1.29 is 9.53 Å². The van der Waals surface area contributed by atoms with Crippen LogP contribution in [0.15, 0.2) is 30.5 Å². The van der Waals surface area contributed by atoms with E-state index in [9.17, 15) is 4.79 Å². The number of amides is 1. The first-order valence-corrected chi connectivity index (χ1v) is 8.18. The van der Waals surface area contributed by atoms with Crippen molar-refractivity contribution in [2.45, 2.75) is 18.9 Å². The highest BCUT2D eigenvalue weighted by molar-refractivity contribution is 5.81. The van der Waals surface area contributed by atoms with Gasteiger partial charge in [0.2, 0.25) is 0 Å². The summed E-state index contributed by atoms with van der Waals surface area (Å²) >= 11 is 0. The van der Waals surface area contributed by atoms with Gasteiger partial charge in [-0.1, -0.05) is 12.1 Å². The van der Waals surface area contributed by atoms with Gasteiger partial charge in [-0.05, 0) is 25.0 Å². The lowest BCUT2D eigenvalue weighted by molar-refractivity contribution is -0.141. The molecule has 3 heterocycles. The zero-order chi connectivity index (χ0) is 15.6. The Morgan fingerprint density at radius 1 is 1.13 bits per heavy atom. The summed E-state index contributed by atoms with van der Waals surface area (Å²) in [6, 6.07) is 7.87. The van der Waals surface area contributed by atoms with Crippen molar-refractivity contribution in [2.75, 3.05) is 37.7 Å². The second-order valence-corrected chi connectivity index (χ2v) is 6.03. The Labute approximate surface area is 135 Å². The number of aromatic nitrogens is 2. The van der Waals surface area contributed by atoms with Crippen molar-refractivity contribution in [1.82, 2.24) is 14.9 Å². The van der Waals surface area contributed by atoms with E-state index >= 15 is 0 Å². The third-order valence-electron chi connectivity index (χ3n) is 4.56. The lowest BCUT2D eigenvalue weighted by atomic mass is 10.2. The molecule has 1 aromatic carbocycles. The predicted molar refractivity (Wildman–Crippen MR) is 87.3 cm³/mol. The average Bonchev–Trinajstić information content (AvgIpc) is 3.15. The van der Waals surface area contributed by atoms with E-state index in [1.54, 1.807) is 0 Å². The number of benzene rings is 1. The Hall–Kier alpha value is -2.21. The van der Waals surface area contributed by atoms with E-state index in [0.29, 0.717) is 19.7 Å². The Morgan fingerprint density at radius 3 is 2.65 bits per heavy atom. The Balaban J connectivity index is 1.43. The topological polar surface area (TPSA) is 58.6 Å². The quantitative estimate of drug-likeness (QED) is 0.840. The van der Waals surface area contributed by atoms with E-state index in [1.807, 2.05) is 35.4 Å². The van der Waals surface area contributed by atoms with E-state index in [4.69, 9.17) is 4.74 Å². The molecule has 6 nitrogen and oxygen atoms in total. The second-order valence-electron chi connectivity index (χ2n) is 6.03. The van der Waals surface area contributed by atoms with Crippen molar-refractivity contribution >= 4 is 22.8 Å². The van der Waals surface area contributed by atoms with E-state index in [0.717, 1.165) is 42.8 Å². The smallest absolute Gasteiger partial charge is 0.251 e. The number of carbonyl (C=O) groups excluding carboxylic acids is 1. The lowest BCUT2D eigenvalue weighted by Gasteiger charge is -2.36. The summed E-state index contributed by atoms with van der Waals surface area (Å²) in [5, 5.41) is 0. The molecule has 2 aliphatic rings. The van der Waals surface area contributed by atoms with Crippen LogP contribution in [-0.4, -0.2) is 59.7 Å². The molecule has 0 aliphatic carbocycles. The van der Waals surface area contributed by atoms with Crippen molar-refractivity contribution in [1.29, 1.82) is 0 Å². The summed E-state index contributed by atoms with van der Waals surface area (Å²) in [7, 11) is 0. The number of anilines is 1. The number of piperazine rings is 1. The third kappa shape index (κ3) is 2.86. The predicted octanol–water partition coefficient (Wildman–Crippen LogP) is 1.46. The molecule has 23 heavy (non-hydrogen) atoms. The van der Waals surface area contributed by atoms with Crippen molar-refractivity contribution in [2.24, 2.45) is 0 Å². The third-order valence-corrected chi connectivity index (χ3v) is 4.56. The molecule has 0 N–H and O–H groups in total. The fourth-order valence-electron chi connectivity index (χ4n) is 3.23. The minimum Gasteiger partial charge on any atom is -0.368 e. The van der Waals surface area contributed by atoms with Gasteiger partial charge in [0.25, 0.3) is 5.91 Å². The minimum atomic E-state index is -0.220. The maximum Gasteiger partial charge on any atom is 0.251 e. The number of hydrogen-bond donors (Lipinski definition) is 0. The fraction of sp³-hybridized carbons (Fsp3) is 0.471. The standard InChI is InChI=1S/C17H20N4O2/c22-17(15-6-3-11-23-15)21-9-7-20(8-10-21)16-12-18-13-4-1-2-5-14(13)19-16/h1-2,4-5,12,15H,3,6-11H2. The molecule has 2 aromatic rings. The number of rotatable bonds is 2. The molecule has 0 radical (unpaired) electrons. The zero-order valence-electron chi connectivity index (χ0n) is 13.0. The number of ether oxygens (including phenoxy) is 1. The summed E-state index contributed by atoms with van der Waals surface area (Å²) < 4.78 is 5.50. The van der Waals surface area contributed by atoms with Crippen LogP contribution in [0, 0.1) is 0 Å². The molecular formula is C17H20N4O2. The highest BCUT2D eigenvalue weighted by Gasteiger charge is 2.30. The number of para-hydroxylation sites is 2. The largest absolute Gasteiger partial charge is 0.368 e. The van der Waals surface area contributed by atoms with Gasteiger partial charge >= 0.3 is 0 Å². The maximum atomic E-state index is 12.4. The van der Waals surface area contributed by atoms with Gasteiger partial charge in [0.15, 0.2) is 0 Å². The molecule has 1 aromatic heterocycles. The van der Waals surface area contributed by atoms with Crippen LogP contribution in [0.5, 0.6) is 0 Å². The van der Waals surface area contributed by atoms with Crippen LogP contribution in [0.2, 0.25) is 0 Å². The molecule has 120 valence electrons. The molecule has 0 bridgehead atoms. The highest BCUT2D eigenvalue weighted by atomic mass is 16.5. The normalized spacial score (nSPS) is 21.8. The molecule has 4 rings (SSSR count). The summed E-state index contributed by atoms with van der Waals surface area (Å²) in [6.45, 7) is 3.71. The summed E-state index contributed by atoms with van der Waals surface area (Å²) in [6.07, 6.45) is 3.44. The Kier molecular flexibility index (Phi) is 3.83. The van der Waals surface area contributed by atoms with Gasteiger partial charge in [0.1, 0.15) is 11.9 Å². The summed E-state index contributed by atoms with van der Waals surface area (Å²) in [5.74, 6) is 1.03. The van der Waals surface area contributed by atoms with E-state index in [-0.39, 0.29) is 12.0 Å². The number of nitrogens with zero attached hydrogens (tertiary/aromatic N) is 4. The first-order valence-electron chi connectivity index (χ1n) is 8.18. The first kappa shape index (κ1) is 14.4. The van der Waals surface area contributed by atoms with Crippen molar-refractivity contribution in [3.8, 4) is 0 Å². The molecule has 6 heteroatoms. The van der Waals surface area contributed by atoms with E-state index < -0.39 is 0 Å². The second kappa shape index (κ2) is 6.12. The fourth-order valence-corrected chi connectivity index (χ4v) is 3.23. The van der Waals surface area contributed by atoms with Crippen LogP contribution < -0.4 is 4.90 Å². The van der Waals surface area contributed by atoms with Crippen molar-refractivity contribution in [3.63, 3.8) is 0 Å². The van der Waals surface area contributed by atoms with Crippen LogP contribution in [0.4, 0.5) is 5.82 Å².